The predicted molar refractivity (Wildman–Crippen MR) is 78.8 cm³/mol. The highest BCUT2D eigenvalue weighted by Gasteiger charge is 2.04. The highest BCUT2D eigenvalue weighted by atomic mass is 16.5. The maximum absolute atomic E-state index is 8.72. The van der Waals surface area contributed by atoms with Crippen LogP contribution in [0.1, 0.15) is 23.4 Å². The zero-order chi connectivity index (χ0) is 15.1. The molecule has 1 aromatic carbocycles. The van der Waals surface area contributed by atoms with Crippen LogP contribution in [0.5, 0.6) is 5.75 Å². The normalized spacial score (nSPS) is 10.6. The lowest BCUT2D eigenvalue weighted by Gasteiger charge is -2.14. The van der Waals surface area contributed by atoms with Crippen molar-refractivity contribution in [2.24, 2.45) is 0 Å². The van der Waals surface area contributed by atoms with Gasteiger partial charge < -0.3 is 14.2 Å². The molecule has 0 N–H and O–H groups in total. The molecular formula is C16H19N3O2. The molecule has 0 saturated carbocycles. The molecule has 2 aromatic rings. The molecule has 0 amide bonds. The van der Waals surface area contributed by atoms with Crippen molar-refractivity contribution in [2.75, 3.05) is 20.2 Å². The first-order chi connectivity index (χ1) is 10.2. The largest absolute Gasteiger partial charge is 0.494 e. The summed E-state index contributed by atoms with van der Waals surface area (Å²) in [5.74, 6) is 1.63. The lowest BCUT2D eigenvalue weighted by atomic mass is 10.2. The Hall–Kier alpha value is -2.32. The van der Waals surface area contributed by atoms with E-state index in [1.807, 2.05) is 32.2 Å². The Morgan fingerprint density at radius 3 is 2.71 bits per heavy atom. The van der Waals surface area contributed by atoms with Gasteiger partial charge >= 0.3 is 0 Å². The number of benzene rings is 1. The fraction of sp³-hybridized carbons (Fsp3) is 0.375. The molecule has 0 aliphatic rings. The molecule has 21 heavy (non-hydrogen) atoms. The van der Waals surface area contributed by atoms with Crippen molar-refractivity contribution in [3.05, 3.63) is 47.3 Å². The van der Waals surface area contributed by atoms with Crippen LogP contribution in [-0.4, -0.2) is 30.3 Å². The average Bonchev–Trinajstić information content (AvgIpc) is 2.89. The molecule has 0 saturated heterocycles. The maximum atomic E-state index is 8.72. The van der Waals surface area contributed by atoms with E-state index < -0.39 is 0 Å². The second-order valence-electron chi connectivity index (χ2n) is 5.00. The number of nitrogens with zero attached hydrogens (tertiary/aromatic N) is 3. The Kier molecular flexibility index (Phi) is 5.35. The smallest absolute Gasteiger partial charge is 0.133 e. The number of aromatic nitrogens is 1. The number of ether oxygens (including phenoxy) is 1. The van der Waals surface area contributed by atoms with Gasteiger partial charge in [-0.3, -0.25) is 0 Å². The molecule has 0 fully saturated rings. The Bertz CT molecular complexity index is 599. The van der Waals surface area contributed by atoms with Gasteiger partial charge in [0, 0.05) is 19.2 Å². The van der Waals surface area contributed by atoms with Gasteiger partial charge in [-0.1, -0.05) is 5.16 Å². The van der Waals surface area contributed by atoms with Crippen LogP contribution in [0.25, 0.3) is 0 Å². The lowest BCUT2D eigenvalue weighted by Crippen LogP contribution is -2.20. The molecule has 1 heterocycles. The monoisotopic (exact) mass is 285 g/mol. The van der Waals surface area contributed by atoms with Crippen molar-refractivity contribution in [1.82, 2.24) is 10.1 Å². The summed E-state index contributed by atoms with van der Waals surface area (Å²) >= 11 is 0. The van der Waals surface area contributed by atoms with E-state index >= 15 is 0 Å². The van der Waals surface area contributed by atoms with Gasteiger partial charge in [0.2, 0.25) is 0 Å². The van der Waals surface area contributed by atoms with E-state index in [0.29, 0.717) is 12.2 Å². The van der Waals surface area contributed by atoms with Crippen LogP contribution in [0.2, 0.25) is 0 Å². The van der Waals surface area contributed by atoms with Crippen LogP contribution in [0.15, 0.2) is 34.9 Å². The first-order valence-corrected chi connectivity index (χ1v) is 6.91. The summed E-state index contributed by atoms with van der Waals surface area (Å²) < 4.78 is 10.7. The molecule has 1 aromatic heterocycles. The standard InChI is InChI=1S/C16H19N3O2/c1-13-10-15(18-21-13)12-19(2)8-3-9-20-16-6-4-14(11-17)5-7-16/h4-7,10H,3,8-9,12H2,1-2H3. The third-order valence-corrected chi connectivity index (χ3v) is 3.04. The van der Waals surface area contributed by atoms with Crippen LogP contribution in [0.3, 0.4) is 0 Å². The van der Waals surface area contributed by atoms with E-state index in [9.17, 15) is 0 Å². The van der Waals surface area contributed by atoms with Crippen LogP contribution in [0, 0.1) is 18.3 Å². The molecule has 0 atom stereocenters. The predicted octanol–water partition coefficient (Wildman–Crippen LogP) is 2.76. The third kappa shape index (κ3) is 4.93. The topological polar surface area (TPSA) is 62.3 Å². The van der Waals surface area contributed by atoms with Gasteiger partial charge in [-0.05, 0) is 44.7 Å². The summed E-state index contributed by atoms with van der Waals surface area (Å²) in [7, 11) is 2.05. The lowest BCUT2D eigenvalue weighted by molar-refractivity contribution is 0.254. The number of aryl methyl sites for hydroxylation is 1. The first-order valence-electron chi connectivity index (χ1n) is 6.91. The highest BCUT2D eigenvalue weighted by Crippen LogP contribution is 2.12. The molecule has 0 unspecified atom stereocenters. The van der Waals surface area contributed by atoms with Crippen LogP contribution >= 0.6 is 0 Å². The number of nitriles is 1. The molecule has 0 aliphatic carbocycles. The number of hydrogen-bond donors (Lipinski definition) is 0. The van der Waals surface area contributed by atoms with Gasteiger partial charge in [-0.25, -0.2) is 0 Å². The summed E-state index contributed by atoms with van der Waals surface area (Å²) in [6.45, 7) is 4.23. The zero-order valence-corrected chi connectivity index (χ0v) is 12.4. The molecule has 5 heteroatoms. The van der Waals surface area contributed by atoms with Gasteiger partial charge in [0.1, 0.15) is 11.5 Å². The van der Waals surface area contributed by atoms with Gasteiger partial charge in [-0.15, -0.1) is 0 Å². The molecular weight excluding hydrogens is 266 g/mol. The van der Waals surface area contributed by atoms with Crippen molar-refractivity contribution in [2.45, 2.75) is 19.9 Å². The minimum Gasteiger partial charge on any atom is -0.494 e. The molecule has 2 rings (SSSR count). The Labute approximate surface area is 124 Å². The molecule has 0 radical (unpaired) electrons. The van der Waals surface area contributed by atoms with Crippen LogP contribution in [-0.2, 0) is 6.54 Å². The molecule has 5 nitrogen and oxygen atoms in total. The van der Waals surface area contributed by atoms with Gasteiger partial charge in [0.05, 0.1) is 23.9 Å². The Morgan fingerprint density at radius 2 is 2.10 bits per heavy atom. The van der Waals surface area contributed by atoms with E-state index in [1.165, 1.54) is 0 Å². The minimum atomic E-state index is 0.644. The summed E-state index contributed by atoms with van der Waals surface area (Å²) in [6.07, 6.45) is 0.924. The molecule has 110 valence electrons. The van der Waals surface area contributed by atoms with Crippen molar-refractivity contribution >= 4 is 0 Å². The van der Waals surface area contributed by atoms with Gasteiger partial charge in [-0.2, -0.15) is 5.26 Å². The summed E-state index contributed by atoms with van der Waals surface area (Å²) in [6, 6.07) is 11.2. The Morgan fingerprint density at radius 1 is 1.33 bits per heavy atom. The average molecular weight is 285 g/mol. The second kappa shape index (κ2) is 7.46. The van der Waals surface area contributed by atoms with Crippen LogP contribution in [0.4, 0.5) is 0 Å². The van der Waals surface area contributed by atoms with Crippen molar-refractivity contribution in [3.8, 4) is 11.8 Å². The van der Waals surface area contributed by atoms with E-state index in [2.05, 4.69) is 16.1 Å². The van der Waals surface area contributed by atoms with Crippen molar-refractivity contribution < 1.29 is 9.26 Å². The first kappa shape index (κ1) is 15.1. The molecule has 0 bridgehead atoms. The summed E-state index contributed by atoms with van der Waals surface area (Å²) in [4.78, 5) is 2.18. The Balaban J connectivity index is 1.65. The fourth-order valence-corrected chi connectivity index (χ4v) is 2.00. The number of rotatable bonds is 7. The molecule has 0 aliphatic heterocycles. The highest BCUT2D eigenvalue weighted by molar-refractivity contribution is 5.34. The molecule has 0 spiro atoms. The van der Waals surface area contributed by atoms with E-state index in [4.69, 9.17) is 14.5 Å². The summed E-state index contributed by atoms with van der Waals surface area (Å²) in [5.41, 5.74) is 1.59. The van der Waals surface area contributed by atoms with Crippen molar-refractivity contribution in [1.29, 1.82) is 5.26 Å². The quantitative estimate of drug-likeness (QED) is 0.732. The second-order valence-corrected chi connectivity index (χ2v) is 5.00. The number of hydrogen-bond acceptors (Lipinski definition) is 5. The maximum Gasteiger partial charge on any atom is 0.133 e. The third-order valence-electron chi connectivity index (χ3n) is 3.04. The minimum absolute atomic E-state index is 0.644. The summed E-state index contributed by atoms with van der Waals surface area (Å²) in [5, 5.41) is 12.7. The SMILES string of the molecule is Cc1cc(CN(C)CCCOc2ccc(C#N)cc2)no1. The van der Waals surface area contributed by atoms with E-state index in [-0.39, 0.29) is 0 Å². The van der Waals surface area contributed by atoms with Gasteiger partial charge in [0.25, 0.3) is 0 Å². The zero-order valence-electron chi connectivity index (χ0n) is 12.4. The van der Waals surface area contributed by atoms with Gasteiger partial charge in [0.15, 0.2) is 0 Å². The fourth-order valence-electron chi connectivity index (χ4n) is 2.00. The van der Waals surface area contributed by atoms with E-state index in [1.54, 1.807) is 12.1 Å². The van der Waals surface area contributed by atoms with Crippen LogP contribution < -0.4 is 4.74 Å². The van der Waals surface area contributed by atoms with Crippen molar-refractivity contribution in [3.63, 3.8) is 0 Å². The van der Waals surface area contributed by atoms with E-state index in [0.717, 1.165) is 36.7 Å².